The van der Waals surface area contributed by atoms with Gasteiger partial charge in [-0.15, -0.1) is 0 Å². The fraction of sp³-hybridized carbons (Fsp3) is 0.312. The molecule has 1 amide bonds. The second kappa shape index (κ2) is 5.91. The number of fused-ring (bicyclic) bond motifs is 1. The number of ether oxygens (including phenoxy) is 2. The van der Waals surface area contributed by atoms with Crippen LogP contribution in [0.4, 0.5) is 0 Å². The Balaban J connectivity index is 1.56. The maximum absolute atomic E-state index is 12.2. The van der Waals surface area contributed by atoms with Crippen molar-refractivity contribution in [2.45, 2.75) is 25.5 Å². The van der Waals surface area contributed by atoms with E-state index in [0.717, 1.165) is 5.56 Å². The van der Waals surface area contributed by atoms with Crippen LogP contribution < -0.4 is 14.8 Å². The molecule has 0 fully saturated rings. The molecule has 2 aromatic rings. The van der Waals surface area contributed by atoms with Crippen LogP contribution in [-0.4, -0.2) is 24.7 Å². The van der Waals surface area contributed by atoms with Crippen molar-refractivity contribution in [1.29, 1.82) is 0 Å². The van der Waals surface area contributed by atoms with E-state index in [0.29, 0.717) is 17.9 Å². The molecule has 0 radical (unpaired) electrons. The Morgan fingerprint density at radius 1 is 1.33 bits per heavy atom. The van der Waals surface area contributed by atoms with Crippen molar-refractivity contribution < 1.29 is 18.7 Å². The number of para-hydroxylation sites is 2. The number of rotatable bonds is 4. The number of furan rings is 1. The molecular formula is C16H17NO4. The summed E-state index contributed by atoms with van der Waals surface area (Å²) in [5.41, 5.74) is 1.05. The average molecular weight is 287 g/mol. The maximum atomic E-state index is 12.2. The molecule has 0 unspecified atom stereocenters. The smallest absolute Gasteiger partial charge is 0.264 e. The Labute approximate surface area is 122 Å². The fourth-order valence-corrected chi connectivity index (χ4v) is 2.30. The number of carbonyl (C=O) groups is 1. The molecule has 0 aliphatic carbocycles. The highest BCUT2D eigenvalue weighted by molar-refractivity contribution is 5.82. The topological polar surface area (TPSA) is 60.7 Å². The normalized spacial score (nSPS) is 18.0. The van der Waals surface area contributed by atoms with E-state index in [1.807, 2.05) is 31.2 Å². The van der Waals surface area contributed by atoms with E-state index in [1.54, 1.807) is 18.6 Å². The van der Waals surface area contributed by atoms with Crippen molar-refractivity contribution in [3.63, 3.8) is 0 Å². The van der Waals surface area contributed by atoms with E-state index in [4.69, 9.17) is 13.9 Å². The van der Waals surface area contributed by atoms with Gasteiger partial charge in [0.05, 0.1) is 12.5 Å². The van der Waals surface area contributed by atoms with Crippen LogP contribution in [0.1, 0.15) is 12.5 Å². The van der Waals surface area contributed by atoms with Gasteiger partial charge in [-0.1, -0.05) is 12.1 Å². The molecule has 1 aliphatic rings. The predicted molar refractivity (Wildman–Crippen MR) is 76.4 cm³/mol. The first-order chi connectivity index (χ1) is 10.2. The van der Waals surface area contributed by atoms with Crippen molar-refractivity contribution >= 4 is 5.91 Å². The maximum Gasteiger partial charge on any atom is 0.264 e. The molecule has 5 heteroatoms. The summed E-state index contributed by atoms with van der Waals surface area (Å²) in [5.74, 6) is 1.11. The number of hydrogen-bond acceptors (Lipinski definition) is 4. The Bertz CT molecular complexity index is 608. The van der Waals surface area contributed by atoms with Crippen LogP contribution in [0.5, 0.6) is 11.5 Å². The quantitative estimate of drug-likeness (QED) is 0.936. The minimum atomic E-state index is -0.619. The summed E-state index contributed by atoms with van der Waals surface area (Å²) in [6.45, 7) is 2.17. The zero-order valence-electron chi connectivity index (χ0n) is 11.7. The summed E-state index contributed by atoms with van der Waals surface area (Å²) in [5, 5.41) is 2.93. The highest BCUT2D eigenvalue weighted by atomic mass is 16.6. The summed E-state index contributed by atoms with van der Waals surface area (Å²) in [4.78, 5) is 12.2. The predicted octanol–water partition coefficient (Wildman–Crippen LogP) is 2.17. The molecule has 1 aromatic heterocycles. The van der Waals surface area contributed by atoms with Gasteiger partial charge in [0.15, 0.2) is 11.5 Å². The van der Waals surface area contributed by atoms with Gasteiger partial charge in [-0.05, 0) is 37.1 Å². The minimum Gasteiger partial charge on any atom is -0.485 e. The van der Waals surface area contributed by atoms with E-state index >= 15 is 0 Å². The van der Waals surface area contributed by atoms with E-state index in [2.05, 4.69) is 5.32 Å². The van der Waals surface area contributed by atoms with E-state index in [-0.39, 0.29) is 18.6 Å². The van der Waals surface area contributed by atoms with Crippen molar-refractivity contribution in [2.24, 2.45) is 0 Å². The van der Waals surface area contributed by atoms with Gasteiger partial charge in [-0.25, -0.2) is 0 Å². The number of hydrogen-bond donors (Lipinski definition) is 1. The molecule has 0 bridgehead atoms. The lowest BCUT2D eigenvalue weighted by atomic mass is 10.1. The standard InChI is InChI=1S/C16H17NO4/c1-11(8-12-6-7-19-9-12)17-16(18)15-10-20-13-4-2-3-5-14(13)21-15/h2-7,9,11,15H,8,10H2,1H3,(H,17,18)/t11-,15+/m0/s1. The van der Waals surface area contributed by atoms with E-state index in [9.17, 15) is 4.79 Å². The van der Waals surface area contributed by atoms with Gasteiger partial charge < -0.3 is 19.2 Å². The average Bonchev–Trinajstić information content (AvgIpc) is 2.99. The molecule has 21 heavy (non-hydrogen) atoms. The lowest BCUT2D eigenvalue weighted by Crippen LogP contribution is -2.47. The molecule has 1 aromatic carbocycles. The first-order valence-corrected chi connectivity index (χ1v) is 6.92. The second-order valence-corrected chi connectivity index (χ2v) is 5.11. The van der Waals surface area contributed by atoms with E-state index in [1.165, 1.54) is 0 Å². The van der Waals surface area contributed by atoms with Crippen LogP contribution >= 0.6 is 0 Å². The fourth-order valence-electron chi connectivity index (χ4n) is 2.30. The van der Waals surface area contributed by atoms with Gasteiger partial charge in [0, 0.05) is 6.04 Å². The van der Waals surface area contributed by atoms with Crippen molar-refractivity contribution in [1.82, 2.24) is 5.32 Å². The van der Waals surface area contributed by atoms with Gasteiger partial charge in [0.2, 0.25) is 6.10 Å². The molecule has 2 atom stereocenters. The Kier molecular flexibility index (Phi) is 3.81. The largest absolute Gasteiger partial charge is 0.485 e. The molecule has 3 rings (SSSR count). The summed E-state index contributed by atoms with van der Waals surface area (Å²) in [7, 11) is 0. The van der Waals surface area contributed by atoms with Crippen molar-refractivity contribution in [3.05, 3.63) is 48.4 Å². The molecule has 2 heterocycles. The summed E-state index contributed by atoms with van der Waals surface area (Å²) >= 11 is 0. The Hall–Kier alpha value is -2.43. The molecule has 5 nitrogen and oxygen atoms in total. The second-order valence-electron chi connectivity index (χ2n) is 5.11. The third-order valence-electron chi connectivity index (χ3n) is 3.31. The SMILES string of the molecule is C[C@@H](Cc1ccoc1)NC(=O)[C@H]1COc2ccccc2O1. The van der Waals surface area contributed by atoms with Crippen molar-refractivity contribution in [3.8, 4) is 11.5 Å². The van der Waals surface area contributed by atoms with Crippen molar-refractivity contribution in [2.75, 3.05) is 6.61 Å². The summed E-state index contributed by atoms with van der Waals surface area (Å²) in [6.07, 6.45) is 3.40. The Morgan fingerprint density at radius 2 is 2.14 bits per heavy atom. The molecular weight excluding hydrogens is 270 g/mol. The highest BCUT2D eigenvalue weighted by Crippen LogP contribution is 2.30. The molecule has 110 valence electrons. The van der Waals surface area contributed by atoms with Crippen LogP contribution in [-0.2, 0) is 11.2 Å². The van der Waals surface area contributed by atoms with Crippen LogP contribution in [0.25, 0.3) is 0 Å². The third kappa shape index (κ3) is 3.18. The van der Waals surface area contributed by atoms with Crippen LogP contribution in [0.3, 0.4) is 0 Å². The number of benzene rings is 1. The zero-order chi connectivity index (χ0) is 14.7. The first kappa shape index (κ1) is 13.5. The van der Waals surface area contributed by atoms with Gasteiger partial charge in [-0.2, -0.15) is 0 Å². The number of carbonyl (C=O) groups excluding carboxylic acids is 1. The molecule has 0 saturated carbocycles. The van der Waals surface area contributed by atoms with Gasteiger partial charge in [0.25, 0.3) is 5.91 Å². The molecule has 0 spiro atoms. The monoisotopic (exact) mass is 287 g/mol. The zero-order valence-corrected chi connectivity index (χ0v) is 11.7. The van der Waals surface area contributed by atoms with Crippen LogP contribution in [0.2, 0.25) is 0 Å². The van der Waals surface area contributed by atoms with Crippen LogP contribution in [0.15, 0.2) is 47.3 Å². The van der Waals surface area contributed by atoms with Gasteiger partial charge >= 0.3 is 0 Å². The van der Waals surface area contributed by atoms with Gasteiger partial charge in [-0.3, -0.25) is 4.79 Å². The molecule has 0 saturated heterocycles. The highest BCUT2D eigenvalue weighted by Gasteiger charge is 2.27. The minimum absolute atomic E-state index is 0.00382. The Morgan fingerprint density at radius 3 is 2.90 bits per heavy atom. The molecule has 1 N–H and O–H groups in total. The molecule has 1 aliphatic heterocycles. The van der Waals surface area contributed by atoms with Crippen LogP contribution in [0, 0.1) is 0 Å². The summed E-state index contributed by atoms with van der Waals surface area (Å²) < 4.78 is 16.2. The number of amides is 1. The third-order valence-corrected chi connectivity index (χ3v) is 3.31. The lowest BCUT2D eigenvalue weighted by molar-refractivity contribution is -0.130. The van der Waals surface area contributed by atoms with Gasteiger partial charge in [0.1, 0.15) is 6.61 Å². The lowest BCUT2D eigenvalue weighted by Gasteiger charge is -2.26. The van der Waals surface area contributed by atoms with E-state index < -0.39 is 6.10 Å². The first-order valence-electron chi connectivity index (χ1n) is 6.92. The number of nitrogens with one attached hydrogen (secondary N) is 1. The summed E-state index contributed by atoms with van der Waals surface area (Å²) in [6, 6.07) is 9.23.